The van der Waals surface area contributed by atoms with Gasteiger partial charge in [-0.15, -0.1) is 0 Å². The summed E-state index contributed by atoms with van der Waals surface area (Å²) in [6.45, 7) is 5.34. The van der Waals surface area contributed by atoms with E-state index in [2.05, 4.69) is 39.7 Å². The molecule has 0 atom stereocenters. The van der Waals surface area contributed by atoms with E-state index in [4.69, 9.17) is 16.7 Å². The van der Waals surface area contributed by atoms with Crippen LogP contribution in [0.1, 0.15) is 29.9 Å². The minimum atomic E-state index is -1.12. The van der Waals surface area contributed by atoms with Gasteiger partial charge in [0.15, 0.2) is 0 Å². The molecule has 0 saturated carbocycles. The molecule has 0 aliphatic heterocycles. The molecule has 0 unspecified atom stereocenters. The zero-order chi connectivity index (χ0) is 22.1. The third kappa shape index (κ3) is 7.51. The number of anilines is 1. The monoisotopic (exact) mass is 430 g/mol. The van der Waals surface area contributed by atoms with E-state index < -0.39 is 5.72 Å². The van der Waals surface area contributed by atoms with Gasteiger partial charge in [0.05, 0.1) is 11.6 Å². The van der Waals surface area contributed by atoms with Crippen LogP contribution in [0.25, 0.3) is 11.1 Å². The summed E-state index contributed by atoms with van der Waals surface area (Å²) < 4.78 is 0. The number of halogens is 1. The lowest BCUT2D eigenvalue weighted by atomic mass is 10.1. The zero-order valence-corrected chi connectivity index (χ0v) is 18.0. The largest absolute Gasteiger partial charge is 0.395 e. The second-order valence-corrected chi connectivity index (χ2v) is 7.58. The van der Waals surface area contributed by atoms with Crippen LogP contribution >= 0.6 is 11.6 Å². The maximum absolute atomic E-state index is 11.8. The molecule has 0 saturated heterocycles. The maximum atomic E-state index is 11.8. The number of amides is 1. The second-order valence-electron chi connectivity index (χ2n) is 7.17. The number of benzene rings is 1. The Morgan fingerprint density at radius 1 is 1.23 bits per heavy atom. The minimum Gasteiger partial charge on any atom is -0.395 e. The first-order valence-electron chi connectivity index (χ1n) is 9.45. The van der Waals surface area contributed by atoms with E-state index in [1.54, 1.807) is 32.2 Å². The number of nitrogens with one attached hydrogen (secondary N) is 3. The lowest BCUT2D eigenvalue weighted by Crippen LogP contribution is -2.30. The summed E-state index contributed by atoms with van der Waals surface area (Å²) in [5.41, 5.74) is 1.95. The first kappa shape index (κ1) is 23.4. The molecule has 8 heteroatoms. The number of carbonyl (C=O) groups is 1. The van der Waals surface area contributed by atoms with Crippen molar-refractivity contribution in [2.45, 2.75) is 26.5 Å². The third-order valence-corrected chi connectivity index (χ3v) is 4.17. The van der Waals surface area contributed by atoms with E-state index in [0.717, 1.165) is 0 Å². The molecule has 0 aliphatic rings. The average Bonchev–Trinajstić information content (AvgIpc) is 3.18. The summed E-state index contributed by atoms with van der Waals surface area (Å²) in [6.07, 6.45) is 3.13. The van der Waals surface area contributed by atoms with Crippen LogP contribution in [0.3, 0.4) is 0 Å². The number of hydrogen-bond acceptors (Lipinski definition) is 5. The van der Waals surface area contributed by atoms with Crippen LogP contribution in [-0.2, 0) is 0 Å². The highest BCUT2D eigenvalue weighted by Gasteiger charge is 2.15. The van der Waals surface area contributed by atoms with Crippen molar-refractivity contribution >= 4 is 23.3 Å². The summed E-state index contributed by atoms with van der Waals surface area (Å²) in [4.78, 5) is 18.8. The number of aliphatic hydroxyl groups excluding tert-OH is 1. The summed E-state index contributed by atoms with van der Waals surface area (Å²) in [6, 6.07) is 13.6. The Morgan fingerprint density at radius 3 is 2.50 bits per heavy atom. The van der Waals surface area contributed by atoms with E-state index in [1.165, 1.54) is 11.8 Å². The molecule has 0 spiro atoms. The van der Waals surface area contributed by atoms with E-state index in [9.17, 15) is 9.90 Å². The molecule has 0 bridgehead atoms. The van der Waals surface area contributed by atoms with E-state index in [0.29, 0.717) is 27.7 Å². The molecule has 0 aliphatic carbocycles. The number of H-pyrrole nitrogens is 1. The van der Waals surface area contributed by atoms with E-state index >= 15 is 0 Å². The van der Waals surface area contributed by atoms with Gasteiger partial charge in [0.25, 0.3) is 5.91 Å². The molecule has 5 N–H and O–H groups in total. The van der Waals surface area contributed by atoms with Crippen LogP contribution in [0.2, 0.25) is 5.02 Å². The fraction of sp³-hybridized carbons (Fsp3) is 0.273. The number of aromatic nitrogens is 2. The fourth-order valence-electron chi connectivity index (χ4n) is 2.52. The van der Waals surface area contributed by atoms with Crippen molar-refractivity contribution < 1.29 is 15.0 Å². The highest BCUT2D eigenvalue weighted by Crippen LogP contribution is 2.30. The van der Waals surface area contributed by atoms with Gasteiger partial charge in [-0.25, -0.2) is 4.98 Å². The predicted octanol–water partition coefficient (Wildman–Crippen LogP) is 3.59. The normalized spacial score (nSPS) is 10.7. The molecular weight excluding hydrogens is 404 g/mol. The first-order valence-corrected chi connectivity index (χ1v) is 9.83. The smallest absolute Gasteiger partial charge is 0.267 e. The van der Waals surface area contributed by atoms with Crippen LogP contribution in [-0.4, -0.2) is 45.0 Å². The fourth-order valence-corrected chi connectivity index (χ4v) is 2.73. The van der Waals surface area contributed by atoms with Crippen molar-refractivity contribution in [2.24, 2.45) is 0 Å². The predicted molar refractivity (Wildman–Crippen MR) is 120 cm³/mol. The van der Waals surface area contributed by atoms with Gasteiger partial charge in [0, 0.05) is 30.1 Å². The summed E-state index contributed by atoms with van der Waals surface area (Å²) in [5, 5.41) is 24.4. The van der Waals surface area contributed by atoms with Crippen molar-refractivity contribution in [1.82, 2.24) is 15.3 Å². The molecule has 7 nitrogen and oxygen atoms in total. The molecule has 2 aromatic heterocycles. The van der Waals surface area contributed by atoms with Gasteiger partial charge in [0.2, 0.25) is 0 Å². The molecule has 1 aromatic carbocycles. The lowest BCUT2D eigenvalue weighted by molar-refractivity contribution is 0.0940. The first-order chi connectivity index (χ1) is 14.2. The van der Waals surface area contributed by atoms with Gasteiger partial charge in [-0.05, 0) is 32.9 Å². The molecule has 160 valence electrons. The Kier molecular flexibility index (Phi) is 8.41. The van der Waals surface area contributed by atoms with Gasteiger partial charge < -0.3 is 25.8 Å². The number of carbonyl (C=O) groups excluding carboxylic acids is 1. The van der Waals surface area contributed by atoms with Crippen molar-refractivity contribution in [3.63, 3.8) is 0 Å². The summed E-state index contributed by atoms with van der Waals surface area (Å²) in [5.74, 6) is 0.148. The maximum Gasteiger partial charge on any atom is 0.267 e. The van der Waals surface area contributed by atoms with Crippen LogP contribution in [0, 0.1) is 6.92 Å². The zero-order valence-electron chi connectivity index (χ0n) is 17.2. The Balaban J connectivity index is 0.000000386. The van der Waals surface area contributed by atoms with Gasteiger partial charge >= 0.3 is 0 Å². The van der Waals surface area contributed by atoms with Crippen LogP contribution in [0.15, 0.2) is 54.9 Å². The number of nitrogens with zero attached hydrogens (tertiary/aromatic N) is 1. The van der Waals surface area contributed by atoms with Crippen molar-refractivity contribution in [2.75, 3.05) is 18.5 Å². The number of aliphatic hydroxyl groups is 2. The molecule has 0 fully saturated rings. The standard InChI is InChI=1S/C15H19ClN4O3.C7H8/c1-15(2,23)20-13-6-10(11(16)8-19-13)9-5-12(18-7-9)14(22)17-3-4-21;1-7-5-3-2-4-6-7/h5-8,18,21,23H,3-4H2,1-2H3,(H,17,22)(H,19,20);2-6H,1H3. The lowest BCUT2D eigenvalue weighted by Gasteiger charge is -2.20. The van der Waals surface area contributed by atoms with Crippen LogP contribution in [0.5, 0.6) is 0 Å². The molecule has 1 amide bonds. The topological polar surface area (TPSA) is 110 Å². The Bertz CT molecular complexity index is 953. The number of aromatic amines is 1. The average molecular weight is 431 g/mol. The second kappa shape index (κ2) is 10.8. The number of hydrogen-bond donors (Lipinski definition) is 5. The van der Waals surface area contributed by atoms with E-state index in [-0.39, 0.29) is 19.1 Å². The molecule has 0 radical (unpaired) electrons. The van der Waals surface area contributed by atoms with Crippen LogP contribution in [0.4, 0.5) is 5.82 Å². The summed E-state index contributed by atoms with van der Waals surface area (Å²) in [7, 11) is 0. The number of pyridine rings is 1. The molecular formula is C22H27ClN4O3. The number of rotatable bonds is 6. The number of aryl methyl sites for hydroxylation is 1. The third-order valence-electron chi connectivity index (χ3n) is 3.87. The Hall–Kier alpha value is -2.87. The summed E-state index contributed by atoms with van der Waals surface area (Å²) >= 11 is 6.17. The Labute approximate surface area is 181 Å². The van der Waals surface area contributed by atoms with Crippen LogP contribution < -0.4 is 10.6 Å². The molecule has 30 heavy (non-hydrogen) atoms. The molecule has 3 rings (SSSR count). The molecule has 2 heterocycles. The molecule has 3 aromatic rings. The van der Waals surface area contributed by atoms with Gasteiger partial charge in [-0.2, -0.15) is 0 Å². The van der Waals surface area contributed by atoms with Crippen molar-refractivity contribution in [3.05, 3.63) is 71.1 Å². The van der Waals surface area contributed by atoms with Gasteiger partial charge in [-0.3, -0.25) is 4.79 Å². The minimum absolute atomic E-state index is 0.124. The highest BCUT2D eigenvalue weighted by atomic mass is 35.5. The van der Waals surface area contributed by atoms with E-state index in [1.807, 2.05) is 18.2 Å². The SMILES string of the molecule is CC(C)(O)Nc1cc(-c2c[nH]c(C(=O)NCCO)c2)c(Cl)cn1.Cc1ccccc1. The van der Waals surface area contributed by atoms with Crippen molar-refractivity contribution in [1.29, 1.82) is 0 Å². The Morgan fingerprint density at radius 2 is 1.93 bits per heavy atom. The van der Waals surface area contributed by atoms with Crippen molar-refractivity contribution in [3.8, 4) is 11.1 Å². The van der Waals surface area contributed by atoms with Gasteiger partial charge in [-0.1, -0.05) is 47.5 Å². The van der Waals surface area contributed by atoms with Gasteiger partial charge in [0.1, 0.15) is 17.2 Å². The quantitative estimate of drug-likeness (QED) is 0.384. The highest BCUT2D eigenvalue weighted by molar-refractivity contribution is 6.33.